The van der Waals surface area contributed by atoms with E-state index in [4.69, 9.17) is 11.6 Å². The molecular formula is C21H20ClN5O3S. The van der Waals surface area contributed by atoms with E-state index < -0.39 is 5.56 Å². The van der Waals surface area contributed by atoms with Crippen LogP contribution in [0.2, 0.25) is 5.02 Å². The molecule has 0 aliphatic carbocycles. The number of hydrogen-bond acceptors (Lipinski definition) is 6. The first-order valence-corrected chi connectivity index (χ1v) is 10.8. The van der Waals surface area contributed by atoms with Gasteiger partial charge in [0.2, 0.25) is 11.8 Å². The summed E-state index contributed by atoms with van der Waals surface area (Å²) in [5.74, 6) is -0.393. The number of carbonyl (C=O) groups is 2. The summed E-state index contributed by atoms with van der Waals surface area (Å²) >= 11 is 6.98. The first-order valence-electron chi connectivity index (χ1n) is 9.42. The lowest BCUT2D eigenvalue weighted by molar-refractivity contribution is -0.116. The standard InChI is InChI=1S/C21H20ClN5O3S/c1-3-17(28)24-16-7-5-4-6-14(16)19-20(30)25-21(27-26-19)31-11-18(29)23-15-9-8-13(22)10-12(15)2/h4-10H,3,11H2,1-2H3,(H,23,29)(H,24,28)(H,25,27,30). The Morgan fingerprint density at radius 1 is 1.06 bits per heavy atom. The van der Waals surface area contributed by atoms with Crippen LogP contribution in [-0.2, 0) is 9.59 Å². The molecule has 160 valence electrons. The van der Waals surface area contributed by atoms with E-state index in [1.165, 1.54) is 0 Å². The summed E-state index contributed by atoms with van der Waals surface area (Å²) in [5.41, 5.74) is 2.06. The number of para-hydroxylation sites is 1. The smallest absolute Gasteiger partial charge is 0.278 e. The van der Waals surface area contributed by atoms with Gasteiger partial charge in [-0.3, -0.25) is 19.4 Å². The molecule has 2 aromatic carbocycles. The molecule has 3 rings (SSSR count). The highest BCUT2D eigenvalue weighted by Crippen LogP contribution is 2.24. The van der Waals surface area contributed by atoms with Gasteiger partial charge in [-0.05, 0) is 36.8 Å². The van der Waals surface area contributed by atoms with Gasteiger partial charge in [-0.15, -0.1) is 10.2 Å². The van der Waals surface area contributed by atoms with Gasteiger partial charge in [0.15, 0.2) is 10.9 Å². The average molecular weight is 458 g/mol. The Morgan fingerprint density at radius 3 is 2.52 bits per heavy atom. The van der Waals surface area contributed by atoms with Crippen LogP contribution in [-0.4, -0.2) is 32.7 Å². The van der Waals surface area contributed by atoms with E-state index in [0.717, 1.165) is 17.3 Å². The van der Waals surface area contributed by atoms with E-state index in [1.54, 1.807) is 49.4 Å². The topological polar surface area (TPSA) is 117 Å². The molecule has 0 fully saturated rings. The third-order valence-electron chi connectivity index (χ3n) is 4.26. The quantitative estimate of drug-likeness (QED) is 0.463. The van der Waals surface area contributed by atoms with E-state index in [-0.39, 0.29) is 28.4 Å². The van der Waals surface area contributed by atoms with Crippen LogP contribution in [0.4, 0.5) is 11.4 Å². The van der Waals surface area contributed by atoms with Crippen molar-refractivity contribution in [3.63, 3.8) is 0 Å². The number of aromatic amines is 1. The second-order valence-corrected chi connectivity index (χ2v) is 7.95. The van der Waals surface area contributed by atoms with Crippen molar-refractivity contribution >= 4 is 46.6 Å². The van der Waals surface area contributed by atoms with Crippen LogP contribution >= 0.6 is 23.4 Å². The van der Waals surface area contributed by atoms with E-state index in [9.17, 15) is 14.4 Å². The fourth-order valence-electron chi connectivity index (χ4n) is 2.69. The molecule has 0 atom stereocenters. The van der Waals surface area contributed by atoms with Crippen LogP contribution in [0, 0.1) is 6.92 Å². The fourth-order valence-corrected chi connectivity index (χ4v) is 3.52. The second kappa shape index (κ2) is 10.2. The SMILES string of the molecule is CCC(=O)Nc1ccccc1-c1nnc(SCC(=O)Nc2ccc(Cl)cc2C)[nH]c1=O. The van der Waals surface area contributed by atoms with E-state index in [2.05, 4.69) is 25.8 Å². The van der Waals surface area contributed by atoms with Crippen molar-refractivity contribution in [2.75, 3.05) is 16.4 Å². The van der Waals surface area contributed by atoms with Gasteiger partial charge in [0.1, 0.15) is 0 Å². The highest BCUT2D eigenvalue weighted by Gasteiger charge is 2.14. The van der Waals surface area contributed by atoms with Gasteiger partial charge < -0.3 is 10.6 Å². The van der Waals surface area contributed by atoms with Crippen molar-refractivity contribution in [3.8, 4) is 11.3 Å². The molecule has 3 aromatic rings. The Balaban J connectivity index is 1.70. The fraction of sp³-hybridized carbons (Fsp3) is 0.190. The maximum absolute atomic E-state index is 12.6. The monoisotopic (exact) mass is 457 g/mol. The summed E-state index contributed by atoms with van der Waals surface area (Å²) < 4.78 is 0. The van der Waals surface area contributed by atoms with Gasteiger partial charge in [0.05, 0.1) is 11.4 Å². The van der Waals surface area contributed by atoms with Gasteiger partial charge in [0, 0.05) is 22.7 Å². The molecule has 0 radical (unpaired) electrons. The number of aromatic nitrogens is 3. The number of anilines is 2. The van der Waals surface area contributed by atoms with Crippen molar-refractivity contribution in [1.29, 1.82) is 0 Å². The number of halogens is 1. The highest BCUT2D eigenvalue weighted by atomic mass is 35.5. The molecule has 0 aliphatic heterocycles. The third-order valence-corrected chi connectivity index (χ3v) is 5.36. The van der Waals surface area contributed by atoms with Gasteiger partial charge in [-0.2, -0.15) is 0 Å². The number of benzene rings is 2. The molecule has 0 spiro atoms. The lowest BCUT2D eigenvalue weighted by Gasteiger charge is -2.10. The molecule has 1 heterocycles. The molecule has 0 bridgehead atoms. The minimum Gasteiger partial charge on any atom is -0.325 e. The Hall–Kier alpha value is -3.17. The molecule has 0 saturated carbocycles. The largest absolute Gasteiger partial charge is 0.325 e. The first-order chi connectivity index (χ1) is 14.9. The Kier molecular flexibility index (Phi) is 7.43. The van der Waals surface area contributed by atoms with E-state index in [0.29, 0.717) is 28.4 Å². The second-order valence-electron chi connectivity index (χ2n) is 6.55. The van der Waals surface area contributed by atoms with Crippen LogP contribution in [0.15, 0.2) is 52.4 Å². The number of thioether (sulfide) groups is 1. The lowest BCUT2D eigenvalue weighted by Crippen LogP contribution is -2.18. The number of nitrogens with one attached hydrogen (secondary N) is 3. The van der Waals surface area contributed by atoms with Crippen LogP contribution in [0.1, 0.15) is 18.9 Å². The maximum atomic E-state index is 12.6. The molecule has 8 nitrogen and oxygen atoms in total. The zero-order valence-corrected chi connectivity index (χ0v) is 18.4. The summed E-state index contributed by atoms with van der Waals surface area (Å²) in [6, 6.07) is 12.0. The zero-order valence-electron chi connectivity index (χ0n) is 16.9. The highest BCUT2D eigenvalue weighted by molar-refractivity contribution is 7.99. The third kappa shape index (κ3) is 5.93. The van der Waals surface area contributed by atoms with Crippen molar-refractivity contribution < 1.29 is 9.59 Å². The summed E-state index contributed by atoms with van der Waals surface area (Å²) in [4.78, 5) is 39.2. The predicted molar refractivity (Wildman–Crippen MR) is 123 cm³/mol. The van der Waals surface area contributed by atoms with Crippen molar-refractivity contribution in [2.24, 2.45) is 0 Å². The van der Waals surface area contributed by atoms with Crippen molar-refractivity contribution in [2.45, 2.75) is 25.4 Å². The number of rotatable bonds is 7. The minimum atomic E-state index is -0.468. The van der Waals surface area contributed by atoms with Crippen molar-refractivity contribution in [1.82, 2.24) is 15.2 Å². The Morgan fingerprint density at radius 2 is 1.81 bits per heavy atom. The number of nitrogens with zero attached hydrogens (tertiary/aromatic N) is 2. The molecule has 0 saturated heterocycles. The first kappa shape index (κ1) is 22.5. The van der Waals surface area contributed by atoms with Gasteiger partial charge >= 0.3 is 0 Å². The van der Waals surface area contributed by atoms with Gasteiger partial charge in [-0.1, -0.05) is 48.5 Å². The minimum absolute atomic E-state index is 0.0369. The molecule has 31 heavy (non-hydrogen) atoms. The molecule has 2 amide bonds. The van der Waals surface area contributed by atoms with Crippen LogP contribution < -0.4 is 16.2 Å². The molecule has 10 heteroatoms. The number of hydrogen-bond donors (Lipinski definition) is 3. The van der Waals surface area contributed by atoms with Crippen LogP contribution in [0.5, 0.6) is 0 Å². The number of aryl methyl sites for hydroxylation is 1. The summed E-state index contributed by atoms with van der Waals surface area (Å²) in [6.45, 7) is 3.58. The summed E-state index contributed by atoms with van der Waals surface area (Å²) in [6.07, 6.45) is 0.309. The van der Waals surface area contributed by atoms with Crippen LogP contribution in [0.3, 0.4) is 0 Å². The van der Waals surface area contributed by atoms with Gasteiger partial charge in [-0.25, -0.2) is 0 Å². The molecular weight excluding hydrogens is 438 g/mol. The summed E-state index contributed by atoms with van der Waals surface area (Å²) in [7, 11) is 0. The van der Waals surface area contributed by atoms with E-state index >= 15 is 0 Å². The number of carbonyl (C=O) groups excluding carboxylic acids is 2. The number of amides is 2. The predicted octanol–water partition coefficient (Wildman–Crippen LogP) is 3.87. The lowest BCUT2D eigenvalue weighted by atomic mass is 10.1. The molecule has 0 unspecified atom stereocenters. The van der Waals surface area contributed by atoms with Gasteiger partial charge in [0.25, 0.3) is 5.56 Å². The maximum Gasteiger partial charge on any atom is 0.278 e. The Bertz CT molecular complexity index is 1180. The van der Waals surface area contributed by atoms with Crippen molar-refractivity contribution in [3.05, 3.63) is 63.4 Å². The Labute approximate surface area is 187 Å². The molecule has 3 N–H and O–H groups in total. The van der Waals surface area contributed by atoms with Crippen LogP contribution in [0.25, 0.3) is 11.3 Å². The average Bonchev–Trinajstić information content (AvgIpc) is 2.75. The summed E-state index contributed by atoms with van der Waals surface area (Å²) in [5, 5.41) is 14.4. The normalized spacial score (nSPS) is 10.5. The number of H-pyrrole nitrogens is 1. The van der Waals surface area contributed by atoms with E-state index in [1.807, 2.05) is 6.92 Å². The molecule has 0 aliphatic rings. The molecule has 1 aromatic heterocycles. The zero-order chi connectivity index (χ0) is 22.4.